The Morgan fingerprint density at radius 1 is 1.09 bits per heavy atom. The van der Waals surface area contributed by atoms with Crippen LogP contribution in [0.4, 0.5) is 10.1 Å². The Bertz CT molecular complexity index is 1230. The molecular weight excluding hydrogens is 431 g/mol. The number of aryl methyl sites for hydroxylation is 1. The predicted octanol–water partition coefficient (Wildman–Crippen LogP) is 5.69. The zero-order chi connectivity index (χ0) is 22.7. The first-order chi connectivity index (χ1) is 15.5. The van der Waals surface area contributed by atoms with Crippen molar-refractivity contribution in [2.75, 3.05) is 11.9 Å². The van der Waals surface area contributed by atoms with Gasteiger partial charge < -0.3 is 10.1 Å². The first-order valence-electron chi connectivity index (χ1n) is 9.99. The number of halogens is 2. The molecule has 0 spiro atoms. The molecule has 0 saturated heterocycles. The molecule has 4 aromatic rings. The smallest absolute Gasteiger partial charge is 0.295 e. The molecule has 0 fully saturated rings. The van der Waals surface area contributed by atoms with Crippen molar-refractivity contribution in [1.29, 1.82) is 0 Å². The molecule has 0 aliphatic rings. The highest BCUT2D eigenvalue weighted by molar-refractivity contribution is 6.34. The van der Waals surface area contributed by atoms with Gasteiger partial charge in [-0.3, -0.25) is 4.79 Å². The molecule has 6 nitrogen and oxygen atoms in total. The van der Waals surface area contributed by atoms with Gasteiger partial charge in [0.05, 0.1) is 23.0 Å². The zero-order valence-electron chi connectivity index (χ0n) is 17.5. The summed E-state index contributed by atoms with van der Waals surface area (Å²) in [5.41, 5.74) is 2.60. The van der Waals surface area contributed by atoms with E-state index in [1.54, 1.807) is 24.3 Å². The molecule has 3 aromatic carbocycles. The van der Waals surface area contributed by atoms with Gasteiger partial charge in [-0.15, -0.1) is 5.10 Å². The molecule has 0 bridgehead atoms. The van der Waals surface area contributed by atoms with Crippen LogP contribution >= 0.6 is 11.6 Å². The van der Waals surface area contributed by atoms with Crippen molar-refractivity contribution in [2.45, 2.75) is 13.8 Å². The zero-order valence-corrected chi connectivity index (χ0v) is 18.2. The summed E-state index contributed by atoms with van der Waals surface area (Å²) in [6.45, 7) is 4.30. The molecule has 0 aliphatic heterocycles. The second kappa shape index (κ2) is 9.20. The summed E-state index contributed by atoms with van der Waals surface area (Å²) >= 11 is 6.24. The van der Waals surface area contributed by atoms with Gasteiger partial charge in [-0.1, -0.05) is 23.7 Å². The number of benzene rings is 3. The third kappa shape index (κ3) is 4.48. The monoisotopic (exact) mass is 450 g/mol. The van der Waals surface area contributed by atoms with Gasteiger partial charge in [-0.25, -0.2) is 14.1 Å². The lowest BCUT2D eigenvalue weighted by molar-refractivity contribution is 0.101. The molecule has 4 rings (SSSR count). The minimum absolute atomic E-state index is 0.0440. The molecule has 1 aromatic heterocycles. The summed E-state index contributed by atoms with van der Waals surface area (Å²) in [4.78, 5) is 17.4. The van der Waals surface area contributed by atoms with Crippen molar-refractivity contribution in [3.05, 3.63) is 89.0 Å². The highest BCUT2D eigenvalue weighted by Gasteiger charge is 2.20. The first-order valence-corrected chi connectivity index (χ1v) is 10.4. The number of carbonyl (C=O) groups excluding carboxylic acids is 1. The van der Waals surface area contributed by atoms with Gasteiger partial charge in [0.2, 0.25) is 5.82 Å². The minimum atomic E-state index is -0.505. The van der Waals surface area contributed by atoms with Crippen molar-refractivity contribution >= 4 is 23.2 Å². The molecule has 162 valence electrons. The Hall–Kier alpha value is -3.71. The number of anilines is 1. The molecular formula is C24H20ClFN4O2. The Kier molecular flexibility index (Phi) is 6.18. The largest absolute Gasteiger partial charge is 0.494 e. The number of hydrogen-bond donors (Lipinski definition) is 1. The first kappa shape index (κ1) is 21.5. The van der Waals surface area contributed by atoms with Gasteiger partial charge in [0, 0.05) is 5.56 Å². The average Bonchev–Trinajstić information content (AvgIpc) is 3.23. The van der Waals surface area contributed by atoms with Crippen LogP contribution in [0.3, 0.4) is 0 Å². The van der Waals surface area contributed by atoms with E-state index in [4.69, 9.17) is 16.3 Å². The molecule has 0 radical (unpaired) electrons. The van der Waals surface area contributed by atoms with Gasteiger partial charge in [-0.2, -0.15) is 0 Å². The fourth-order valence-electron chi connectivity index (χ4n) is 3.18. The number of nitrogens with zero attached hydrogens (tertiary/aromatic N) is 3. The van der Waals surface area contributed by atoms with E-state index in [0.717, 1.165) is 5.56 Å². The van der Waals surface area contributed by atoms with E-state index >= 15 is 0 Å². The minimum Gasteiger partial charge on any atom is -0.494 e. The molecule has 32 heavy (non-hydrogen) atoms. The summed E-state index contributed by atoms with van der Waals surface area (Å²) in [5.74, 6) is 0.196. The fraction of sp³-hybridized carbons (Fsp3) is 0.125. The van der Waals surface area contributed by atoms with Gasteiger partial charge in [0.25, 0.3) is 5.91 Å². The molecule has 1 amide bonds. The molecule has 0 atom stereocenters. The summed E-state index contributed by atoms with van der Waals surface area (Å²) in [7, 11) is 0. The van der Waals surface area contributed by atoms with Crippen LogP contribution in [0.5, 0.6) is 5.75 Å². The number of aromatic nitrogens is 3. The second-order valence-electron chi connectivity index (χ2n) is 6.99. The second-order valence-corrected chi connectivity index (χ2v) is 7.40. The maximum Gasteiger partial charge on any atom is 0.295 e. The van der Waals surface area contributed by atoms with E-state index in [2.05, 4.69) is 15.4 Å². The van der Waals surface area contributed by atoms with Crippen molar-refractivity contribution < 1.29 is 13.9 Å². The molecule has 1 heterocycles. The topological polar surface area (TPSA) is 69.0 Å². The van der Waals surface area contributed by atoms with Crippen molar-refractivity contribution in [3.63, 3.8) is 0 Å². The van der Waals surface area contributed by atoms with Crippen LogP contribution in [-0.4, -0.2) is 27.3 Å². The third-order valence-corrected chi connectivity index (χ3v) is 5.08. The number of rotatable bonds is 6. The summed E-state index contributed by atoms with van der Waals surface area (Å²) in [6.07, 6.45) is 0. The fourth-order valence-corrected chi connectivity index (χ4v) is 3.45. The standard InChI is InChI=1S/C24H20ClFN4O2/c1-3-32-19-13-11-18(12-14-19)30-23(16-7-9-17(26)10-8-16)28-22(29-30)24(31)27-21-15(2)5-4-6-20(21)25/h4-14H,3H2,1-2H3,(H,27,31). The van der Waals surface area contributed by atoms with Crippen LogP contribution in [0, 0.1) is 12.7 Å². The number of amides is 1. The number of nitrogens with one attached hydrogen (secondary N) is 1. The van der Waals surface area contributed by atoms with E-state index in [-0.39, 0.29) is 11.6 Å². The van der Waals surface area contributed by atoms with Crippen molar-refractivity contribution in [3.8, 4) is 22.8 Å². The number of ether oxygens (including phenoxy) is 1. The van der Waals surface area contributed by atoms with Crippen LogP contribution in [0.15, 0.2) is 66.7 Å². The lowest BCUT2D eigenvalue weighted by Gasteiger charge is -2.08. The highest BCUT2D eigenvalue weighted by Crippen LogP contribution is 2.27. The predicted molar refractivity (Wildman–Crippen MR) is 122 cm³/mol. The molecule has 8 heteroatoms. The number of carbonyl (C=O) groups is 1. The van der Waals surface area contributed by atoms with Crippen LogP contribution in [-0.2, 0) is 0 Å². The van der Waals surface area contributed by atoms with Crippen LogP contribution in [0.2, 0.25) is 5.02 Å². The Balaban J connectivity index is 1.75. The van der Waals surface area contributed by atoms with Gasteiger partial charge in [0.1, 0.15) is 11.6 Å². The van der Waals surface area contributed by atoms with E-state index in [0.29, 0.717) is 40.1 Å². The lowest BCUT2D eigenvalue weighted by Crippen LogP contribution is -2.15. The number of hydrogen-bond acceptors (Lipinski definition) is 4. The molecule has 1 N–H and O–H groups in total. The van der Waals surface area contributed by atoms with Crippen LogP contribution in [0.1, 0.15) is 23.1 Å². The Morgan fingerprint density at radius 3 is 2.47 bits per heavy atom. The summed E-state index contributed by atoms with van der Waals surface area (Å²) < 4.78 is 20.5. The van der Waals surface area contributed by atoms with Crippen LogP contribution in [0.25, 0.3) is 17.1 Å². The summed E-state index contributed by atoms with van der Waals surface area (Å²) in [5, 5.41) is 7.63. The normalized spacial score (nSPS) is 10.8. The highest BCUT2D eigenvalue weighted by atomic mass is 35.5. The van der Waals surface area contributed by atoms with Crippen molar-refractivity contribution in [2.24, 2.45) is 0 Å². The SMILES string of the molecule is CCOc1ccc(-n2nc(C(=O)Nc3c(C)cccc3Cl)nc2-c2ccc(F)cc2)cc1. The molecule has 0 aliphatic carbocycles. The van der Waals surface area contributed by atoms with Crippen LogP contribution < -0.4 is 10.1 Å². The maximum atomic E-state index is 13.5. The third-order valence-electron chi connectivity index (χ3n) is 4.77. The molecule has 0 unspecified atom stereocenters. The number of para-hydroxylation sites is 1. The maximum absolute atomic E-state index is 13.5. The van der Waals surface area contributed by atoms with E-state index in [1.807, 2.05) is 44.2 Å². The van der Waals surface area contributed by atoms with E-state index in [9.17, 15) is 9.18 Å². The van der Waals surface area contributed by atoms with Crippen molar-refractivity contribution in [1.82, 2.24) is 14.8 Å². The lowest BCUT2D eigenvalue weighted by atomic mass is 10.2. The average molecular weight is 451 g/mol. The Morgan fingerprint density at radius 2 is 1.81 bits per heavy atom. The van der Waals surface area contributed by atoms with E-state index in [1.165, 1.54) is 16.8 Å². The molecule has 0 saturated carbocycles. The van der Waals surface area contributed by atoms with E-state index < -0.39 is 5.91 Å². The van der Waals surface area contributed by atoms with Gasteiger partial charge in [-0.05, 0) is 74.0 Å². The Labute approximate surface area is 189 Å². The summed E-state index contributed by atoms with van der Waals surface area (Å²) in [6, 6.07) is 18.4. The quantitative estimate of drug-likeness (QED) is 0.410. The van der Waals surface area contributed by atoms with Gasteiger partial charge in [0.15, 0.2) is 5.82 Å². The van der Waals surface area contributed by atoms with Gasteiger partial charge >= 0.3 is 0 Å².